The normalized spacial score (nSPS) is 10.1. The van der Waals surface area contributed by atoms with Gasteiger partial charge in [-0.2, -0.15) is 0 Å². The van der Waals surface area contributed by atoms with Gasteiger partial charge in [0.15, 0.2) is 17.2 Å². The molecule has 0 radical (unpaired) electrons. The average Bonchev–Trinajstić information content (AvgIpc) is 2.69. The Balaban J connectivity index is 1.74. The summed E-state index contributed by atoms with van der Waals surface area (Å²) in [7, 11) is 2.99. The van der Waals surface area contributed by atoms with Crippen LogP contribution in [0, 0.1) is 0 Å². The highest BCUT2D eigenvalue weighted by Gasteiger charge is 2.17. The summed E-state index contributed by atoms with van der Waals surface area (Å²) in [5.41, 5.74) is 0.367. The van der Waals surface area contributed by atoms with E-state index in [4.69, 9.17) is 14.2 Å². The van der Waals surface area contributed by atoms with E-state index in [1.165, 1.54) is 19.4 Å². The molecule has 0 fully saturated rings. The van der Waals surface area contributed by atoms with E-state index in [0.717, 1.165) is 5.75 Å². The SMILES string of the molecule is COc1ccc(Oc2cccc(NC(=O)c3nccc(OC)c3O)c2)cc1. The minimum atomic E-state index is -0.562. The van der Waals surface area contributed by atoms with E-state index in [1.807, 2.05) is 0 Å². The summed E-state index contributed by atoms with van der Waals surface area (Å²) in [6.45, 7) is 0. The molecule has 0 aliphatic carbocycles. The molecular weight excluding hydrogens is 348 g/mol. The molecule has 1 amide bonds. The molecule has 7 heteroatoms. The summed E-state index contributed by atoms with van der Waals surface area (Å²) < 4.78 is 15.9. The third-order valence-electron chi connectivity index (χ3n) is 3.71. The number of rotatable bonds is 6. The second-order valence-corrected chi connectivity index (χ2v) is 5.47. The summed E-state index contributed by atoms with van der Waals surface area (Å²) in [5, 5.41) is 12.7. The molecule has 2 aromatic carbocycles. The lowest BCUT2D eigenvalue weighted by Crippen LogP contribution is -2.14. The van der Waals surface area contributed by atoms with Gasteiger partial charge < -0.3 is 24.6 Å². The van der Waals surface area contributed by atoms with Crippen LogP contribution in [0.2, 0.25) is 0 Å². The number of aromatic hydroxyl groups is 1. The third-order valence-corrected chi connectivity index (χ3v) is 3.71. The summed E-state index contributed by atoms with van der Waals surface area (Å²) in [6, 6.07) is 15.5. The van der Waals surface area contributed by atoms with Crippen LogP contribution in [0.4, 0.5) is 5.69 Å². The van der Waals surface area contributed by atoms with Gasteiger partial charge in [-0.15, -0.1) is 0 Å². The molecule has 0 spiro atoms. The topological polar surface area (TPSA) is 89.9 Å². The molecular formula is C20H18N2O5. The first-order valence-corrected chi connectivity index (χ1v) is 8.06. The van der Waals surface area contributed by atoms with Crippen LogP contribution >= 0.6 is 0 Å². The van der Waals surface area contributed by atoms with Crippen LogP contribution in [0.3, 0.4) is 0 Å². The third kappa shape index (κ3) is 4.27. The fourth-order valence-corrected chi connectivity index (χ4v) is 2.37. The van der Waals surface area contributed by atoms with Crippen LogP contribution in [-0.4, -0.2) is 30.2 Å². The molecule has 1 aromatic heterocycles. The molecule has 0 unspecified atom stereocenters. The number of aromatic nitrogens is 1. The maximum absolute atomic E-state index is 12.4. The molecule has 138 valence electrons. The number of methoxy groups -OCH3 is 2. The molecule has 1 heterocycles. The second kappa shape index (κ2) is 8.09. The minimum absolute atomic E-state index is 0.129. The fourth-order valence-electron chi connectivity index (χ4n) is 2.37. The summed E-state index contributed by atoms with van der Waals surface area (Å²) in [4.78, 5) is 16.3. The minimum Gasteiger partial charge on any atom is -0.503 e. The average molecular weight is 366 g/mol. The van der Waals surface area contributed by atoms with E-state index in [2.05, 4.69) is 10.3 Å². The van der Waals surface area contributed by atoms with Crippen LogP contribution in [0.25, 0.3) is 0 Å². The zero-order valence-corrected chi connectivity index (χ0v) is 14.8. The highest BCUT2D eigenvalue weighted by Crippen LogP contribution is 2.29. The Morgan fingerprint density at radius 1 is 0.963 bits per heavy atom. The number of hydrogen-bond acceptors (Lipinski definition) is 6. The molecule has 0 atom stereocenters. The van der Waals surface area contributed by atoms with E-state index in [0.29, 0.717) is 17.2 Å². The maximum atomic E-state index is 12.4. The molecule has 0 saturated heterocycles. The van der Waals surface area contributed by atoms with E-state index in [-0.39, 0.29) is 17.2 Å². The lowest BCUT2D eigenvalue weighted by molar-refractivity contribution is 0.101. The number of carbonyl (C=O) groups is 1. The van der Waals surface area contributed by atoms with E-state index in [9.17, 15) is 9.90 Å². The van der Waals surface area contributed by atoms with Gasteiger partial charge in [-0.3, -0.25) is 4.79 Å². The van der Waals surface area contributed by atoms with Gasteiger partial charge in [-0.05, 0) is 36.4 Å². The quantitative estimate of drug-likeness (QED) is 0.689. The lowest BCUT2D eigenvalue weighted by Gasteiger charge is -2.10. The predicted octanol–water partition coefficient (Wildman–Crippen LogP) is 3.85. The Labute approximate surface area is 156 Å². The van der Waals surface area contributed by atoms with Gasteiger partial charge in [0, 0.05) is 24.0 Å². The van der Waals surface area contributed by atoms with Crippen LogP contribution in [0.1, 0.15) is 10.5 Å². The van der Waals surface area contributed by atoms with Crippen molar-refractivity contribution >= 4 is 11.6 Å². The van der Waals surface area contributed by atoms with Crippen LogP contribution < -0.4 is 19.5 Å². The number of benzene rings is 2. The van der Waals surface area contributed by atoms with Crippen molar-refractivity contribution in [1.82, 2.24) is 4.98 Å². The van der Waals surface area contributed by atoms with Crippen molar-refractivity contribution in [3.05, 3.63) is 66.5 Å². The number of pyridine rings is 1. The van der Waals surface area contributed by atoms with E-state index >= 15 is 0 Å². The Kier molecular flexibility index (Phi) is 5.41. The first-order valence-electron chi connectivity index (χ1n) is 8.06. The Hall–Kier alpha value is -3.74. The molecule has 0 aliphatic rings. The molecule has 3 aromatic rings. The molecule has 3 rings (SSSR count). The van der Waals surface area contributed by atoms with Crippen molar-refractivity contribution < 1.29 is 24.1 Å². The predicted molar refractivity (Wildman–Crippen MR) is 99.9 cm³/mol. The van der Waals surface area contributed by atoms with E-state index in [1.54, 1.807) is 55.6 Å². The van der Waals surface area contributed by atoms with Crippen molar-refractivity contribution in [3.63, 3.8) is 0 Å². The largest absolute Gasteiger partial charge is 0.503 e. The van der Waals surface area contributed by atoms with Gasteiger partial charge in [0.25, 0.3) is 5.91 Å². The van der Waals surface area contributed by atoms with Crippen molar-refractivity contribution in [2.24, 2.45) is 0 Å². The van der Waals surface area contributed by atoms with E-state index < -0.39 is 5.91 Å². The Morgan fingerprint density at radius 2 is 1.70 bits per heavy atom. The second-order valence-electron chi connectivity index (χ2n) is 5.47. The number of anilines is 1. The van der Waals surface area contributed by atoms with Gasteiger partial charge in [-0.1, -0.05) is 6.07 Å². The first kappa shape index (κ1) is 18.1. The monoisotopic (exact) mass is 366 g/mol. The molecule has 7 nitrogen and oxygen atoms in total. The number of carbonyl (C=O) groups excluding carboxylic acids is 1. The molecule has 27 heavy (non-hydrogen) atoms. The molecule has 0 aliphatic heterocycles. The highest BCUT2D eigenvalue weighted by atomic mass is 16.5. The number of nitrogens with zero attached hydrogens (tertiary/aromatic N) is 1. The maximum Gasteiger partial charge on any atom is 0.278 e. The highest BCUT2D eigenvalue weighted by molar-refractivity contribution is 6.05. The fraction of sp³-hybridized carbons (Fsp3) is 0.100. The van der Waals surface area contributed by atoms with Crippen molar-refractivity contribution in [1.29, 1.82) is 0 Å². The molecule has 0 saturated carbocycles. The smallest absolute Gasteiger partial charge is 0.278 e. The summed E-state index contributed by atoms with van der Waals surface area (Å²) in [5.74, 6) is 1.20. The van der Waals surface area contributed by atoms with Gasteiger partial charge in [0.1, 0.15) is 17.2 Å². The standard InChI is InChI=1S/C20H18N2O5/c1-25-14-6-8-15(9-7-14)27-16-5-3-4-13(12-16)22-20(24)18-19(23)17(26-2)10-11-21-18/h3-12,23H,1-2H3,(H,22,24). The Bertz CT molecular complexity index is 941. The zero-order chi connectivity index (χ0) is 19.2. The molecule has 0 bridgehead atoms. The lowest BCUT2D eigenvalue weighted by atomic mass is 10.2. The summed E-state index contributed by atoms with van der Waals surface area (Å²) in [6.07, 6.45) is 1.39. The van der Waals surface area contributed by atoms with Gasteiger partial charge in [0.05, 0.1) is 14.2 Å². The number of hydrogen-bond donors (Lipinski definition) is 2. The number of nitrogens with one attached hydrogen (secondary N) is 1. The van der Waals surface area contributed by atoms with Gasteiger partial charge >= 0.3 is 0 Å². The van der Waals surface area contributed by atoms with Crippen molar-refractivity contribution in [2.75, 3.05) is 19.5 Å². The number of amides is 1. The van der Waals surface area contributed by atoms with Crippen molar-refractivity contribution in [3.8, 4) is 28.7 Å². The van der Waals surface area contributed by atoms with Gasteiger partial charge in [0.2, 0.25) is 0 Å². The van der Waals surface area contributed by atoms with Crippen molar-refractivity contribution in [2.45, 2.75) is 0 Å². The van der Waals surface area contributed by atoms with Crippen LogP contribution in [-0.2, 0) is 0 Å². The summed E-state index contributed by atoms with van der Waals surface area (Å²) >= 11 is 0. The Morgan fingerprint density at radius 3 is 2.41 bits per heavy atom. The first-order chi connectivity index (χ1) is 13.1. The number of ether oxygens (including phenoxy) is 3. The van der Waals surface area contributed by atoms with Gasteiger partial charge in [-0.25, -0.2) is 4.98 Å². The van der Waals surface area contributed by atoms with Crippen LogP contribution in [0.15, 0.2) is 60.8 Å². The zero-order valence-electron chi connectivity index (χ0n) is 14.8. The van der Waals surface area contributed by atoms with Crippen LogP contribution in [0.5, 0.6) is 28.7 Å². The molecule has 2 N–H and O–H groups in total.